The van der Waals surface area contributed by atoms with Crippen LogP contribution in [0.1, 0.15) is 11.7 Å². The second kappa shape index (κ2) is 3.49. The fourth-order valence-electron chi connectivity index (χ4n) is 1.40. The minimum absolute atomic E-state index is 0.103. The van der Waals surface area contributed by atoms with Crippen LogP contribution in [-0.2, 0) is 4.74 Å². The van der Waals surface area contributed by atoms with E-state index >= 15 is 0 Å². The Hall–Kier alpha value is -1.48. The molecule has 0 saturated carbocycles. The van der Waals surface area contributed by atoms with Gasteiger partial charge in [-0.3, -0.25) is 0 Å². The zero-order valence-corrected chi connectivity index (χ0v) is 7.01. The zero-order valence-electron chi connectivity index (χ0n) is 7.01. The second-order valence-corrected chi connectivity index (χ2v) is 2.83. The molecule has 1 unspecified atom stereocenters. The lowest BCUT2D eigenvalue weighted by atomic mass is 10.1. The molecular formula is C10H9NO2. The van der Waals surface area contributed by atoms with E-state index in [1.54, 1.807) is 12.1 Å². The normalized spacial score (nSPS) is 20.5. The van der Waals surface area contributed by atoms with Gasteiger partial charge < -0.3 is 4.74 Å². The lowest BCUT2D eigenvalue weighted by molar-refractivity contribution is 0.130. The molecule has 0 spiro atoms. The Kier molecular flexibility index (Phi) is 2.19. The molecule has 0 aromatic heterocycles. The fourth-order valence-corrected chi connectivity index (χ4v) is 1.40. The minimum atomic E-state index is -0.103. The van der Waals surface area contributed by atoms with Gasteiger partial charge in [0.05, 0.1) is 6.61 Å². The number of hydrogen-bond donors (Lipinski definition) is 0. The molecule has 0 N–H and O–H groups in total. The molecule has 0 amide bonds. The molecule has 2 rings (SSSR count). The van der Waals surface area contributed by atoms with E-state index in [2.05, 4.69) is 5.18 Å². The van der Waals surface area contributed by atoms with E-state index in [1.165, 1.54) is 0 Å². The minimum Gasteiger partial charge on any atom is -0.365 e. The van der Waals surface area contributed by atoms with Crippen LogP contribution >= 0.6 is 0 Å². The lowest BCUT2D eigenvalue weighted by Gasteiger charge is -2.09. The van der Waals surface area contributed by atoms with E-state index in [4.69, 9.17) is 4.74 Å². The van der Waals surface area contributed by atoms with Crippen LogP contribution in [0.5, 0.6) is 0 Å². The molecule has 1 aromatic carbocycles. The van der Waals surface area contributed by atoms with Gasteiger partial charge in [0.1, 0.15) is 11.8 Å². The molecule has 0 saturated heterocycles. The zero-order chi connectivity index (χ0) is 9.10. The van der Waals surface area contributed by atoms with E-state index in [0.29, 0.717) is 12.3 Å². The van der Waals surface area contributed by atoms with Crippen molar-refractivity contribution in [2.45, 2.75) is 6.10 Å². The third kappa shape index (κ3) is 1.51. The average Bonchev–Trinajstić information content (AvgIpc) is 2.70. The summed E-state index contributed by atoms with van der Waals surface area (Å²) in [6, 6.07) is 7.22. The third-order valence-corrected chi connectivity index (χ3v) is 2.02. The standard InChI is InChI=1S/C10H9NO2/c12-11-9-5-2-1-4-8(9)10-6-3-7-13-10/h1-6,10H,7H2. The highest BCUT2D eigenvalue weighted by atomic mass is 16.5. The monoisotopic (exact) mass is 175 g/mol. The molecule has 13 heavy (non-hydrogen) atoms. The van der Waals surface area contributed by atoms with Crippen molar-refractivity contribution in [2.24, 2.45) is 5.18 Å². The maximum Gasteiger partial charge on any atom is 0.114 e. The molecule has 1 aliphatic rings. The molecule has 1 aromatic rings. The van der Waals surface area contributed by atoms with E-state index in [1.807, 2.05) is 24.3 Å². The SMILES string of the molecule is O=Nc1ccccc1C1C=CCO1. The predicted molar refractivity (Wildman–Crippen MR) is 49.7 cm³/mol. The molecule has 0 aliphatic carbocycles. The first kappa shape index (κ1) is 8.13. The van der Waals surface area contributed by atoms with E-state index in [9.17, 15) is 4.91 Å². The first-order valence-electron chi connectivity index (χ1n) is 4.12. The Morgan fingerprint density at radius 1 is 1.38 bits per heavy atom. The summed E-state index contributed by atoms with van der Waals surface area (Å²) in [7, 11) is 0. The number of nitrogens with zero attached hydrogens (tertiary/aromatic N) is 1. The van der Waals surface area contributed by atoms with Crippen LogP contribution in [0, 0.1) is 4.91 Å². The van der Waals surface area contributed by atoms with Gasteiger partial charge in [-0.25, -0.2) is 0 Å². The van der Waals surface area contributed by atoms with Crippen molar-refractivity contribution in [1.82, 2.24) is 0 Å². The molecular weight excluding hydrogens is 166 g/mol. The van der Waals surface area contributed by atoms with Gasteiger partial charge >= 0.3 is 0 Å². The quantitative estimate of drug-likeness (QED) is 0.512. The van der Waals surface area contributed by atoms with Gasteiger partial charge in [0, 0.05) is 5.56 Å². The summed E-state index contributed by atoms with van der Waals surface area (Å²) < 4.78 is 5.37. The Morgan fingerprint density at radius 2 is 2.23 bits per heavy atom. The van der Waals surface area contributed by atoms with Gasteiger partial charge in [-0.1, -0.05) is 30.4 Å². The second-order valence-electron chi connectivity index (χ2n) is 2.83. The molecule has 1 aliphatic heterocycles. The Labute approximate surface area is 76.0 Å². The number of hydrogen-bond acceptors (Lipinski definition) is 3. The topological polar surface area (TPSA) is 38.7 Å². The maximum atomic E-state index is 10.5. The third-order valence-electron chi connectivity index (χ3n) is 2.02. The van der Waals surface area contributed by atoms with Crippen LogP contribution < -0.4 is 0 Å². The van der Waals surface area contributed by atoms with Crippen LogP contribution in [0.3, 0.4) is 0 Å². The first-order valence-corrected chi connectivity index (χ1v) is 4.12. The summed E-state index contributed by atoms with van der Waals surface area (Å²) in [5.41, 5.74) is 1.30. The largest absolute Gasteiger partial charge is 0.365 e. The molecule has 3 heteroatoms. The van der Waals surface area contributed by atoms with Crippen LogP contribution in [0.25, 0.3) is 0 Å². The van der Waals surface area contributed by atoms with Crippen molar-refractivity contribution in [1.29, 1.82) is 0 Å². The van der Waals surface area contributed by atoms with E-state index < -0.39 is 0 Å². The Balaban J connectivity index is 2.37. The van der Waals surface area contributed by atoms with Gasteiger partial charge in [0.2, 0.25) is 0 Å². The van der Waals surface area contributed by atoms with E-state index in [-0.39, 0.29) is 6.10 Å². The lowest BCUT2D eigenvalue weighted by Crippen LogP contribution is -1.95. The van der Waals surface area contributed by atoms with Crippen molar-refractivity contribution in [3.05, 3.63) is 46.9 Å². The summed E-state index contributed by atoms with van der Waals surface area (Å²) in [6.45, 7) is 0.609. The highest BCUT2D eigenvalue weighted by molar-refractivity contribution is 5.48. The van der Waals surface area contributed by atoms with Crippen molar-refractivity contribution in [3.8, 4) is 0 Å². The summed E-state index contributed by atoms with van der Waals surface area (Å²) in [6.07, 6.45) is 3.77. The fraction of sp³-hybridized carbons (Fsp3) is 0.200. The Morgan fingerprint density at radius 3 is 2.92 bits per heavy atom. The number of benzene rings is 1. The molecule has 1 atom stereocenters. The van der Waals surface area contributed by atoms with Crippen molar-refractivity contribution >= 4 is 5.69 Å². The van der Waals surface area contributed by atoms with Crippen LogP contribution in [0.15, 0.2) is 41.6 Å². The number of rotatable bonds is 2. The molecule has 1 heterocycles. The van der Waals surface area contributed by atoms with Gasteiger partial charge in [-0.05, 0) is 11.2 Å². The van der Waals surface area contributed by atoms with Crippen molar-refractivity contribution in [3.63, 3.8) is 0 Å². The van der Waals surface area contributed by atoms with Gasteiger partial charge in [-0.15, -0.1) is 4.91 Å². The Bertz CT molecular complexity index is 347. The summed E-state index contributed by atoms with van der Waals surface area (Å²) >= 11 is 0. The van der Waals surface area contributed by atoms with Gasteiger partial charge in [-0.2, -0.15) is 0 Å². The summed E-state index contributed by atoms with van der Waals surface area (Å²) in [4.78, 5) is 10.5. The highest BCUT2D eigenvalue weighted by Crippen LogP contribution is 2.30. The average molecular weight is 175 g/mol. The predicted octanol–water partition coefficient (Wildman–Crippen LogP) is 2.71. The molecule has 3 nitrogen and oxygen atoms in total. The number of ether oxygens (including phenoxy) is 1. The van der Waals surface area contributed by atoms with Gasteiger partial charge in [0.15, 0.2) is 0 Å². The maximum absolute atomic E-state index is 10.5. The molecule has 0 bridgehead atoms. The van der Waals surface area contributed by atoms with Crippen LogP contribution in [0.4, 0.5) is 5.69 Å². The number of nitroso groups, excluding NO2 is 1. The molecule has 0 fully saturated rings. The molecule has 66 valence electrons. The van der Waals surface area contributed by atoms with Crippen molar-refractivity contribution in [2.75, 3.05) is 6.61 Å². The highest BCUT2D eigenvalue weighted by Gasteiger charge is 2.15. The van der Waals surface area contributed by atoms with Crippen LogP contribution in [0.2, 0.25) is 0 Å². The van der Waals surface area contributed by atoms with E-state index in [0.717, 1.165) is 5.56 Å². The van der Waals surface area contributed by atoms with Crippen molar-refractivity contribution < 1.29 is 4.74 Å². The van der Waals surface area contributed by atoms with Gasteiger partial charge in [0.25, 0.3) is 0 Å². The smallest absolute Gasteiger partial charge is 0.114 e. The summed E-state index contributed by atoms with van der Waals surface area (Å²) in [5, 5.41) is 2.95. The first-order chi connectivity index (χ1) is 6.42. The van der Waals surface area contributed by atoms with Crippen LogP contribution in [-0.4, -0.2) is 6.61 Å². The summed E-state index contributed by atoms with van der Waals surface area (Å²) in [5.74, 6) is 0. The molecule has 0 radical (unpaired) electrons.